The van der Waals surface area contributed by atoms with Gasteiger partial charge in [0.15, 0.2) is 0 Å². The van der Waals surface area contributed by atoms with Gasteiger partial charge in [0.2, 0.25) is 0 Å². The lowest BCUT2D eigenvalue weighted by Crippen LogP contribution is -2.46. The van der Waals surface area contributed by atoms with Gasteiger partial charge in [-0.15, -0.1) is 11.8 Å². The molecule has 2 aromatic carbocycles. The summed E-state index contributed by atoms with van der Waals surface area (Å²) in [4.78, 5) is 28.4. The fourth-order valence-electron chi connectivity index (χ4n) is 3.00. The summed E-state index contributed by atoms with van der Waals surface area (Å²) in [6.07, 6.45) is 0. The summed E-state index contributed by atoms with van der Waals surface area (Å²) in [6, 6.07) is 14.8. The number of carbonyl (C=O) groups excluding carboxylic acids is 2. The van der Waals surface area contributed by atoms with Gasteiger partial charge in [-0.2, -0.15) is 0 Å². The van der Waals surface area contributed by atoms with E-state index in [1.807, 2.05) is 48.5 Å². The summed E-state index contributed by atoms with van der Waals surface area (Å²) < 4.78 is 5.17. The average molecular weight is 401 g/mol. The van der Waals surface area contributed by atoms with E-state index >= 15 is 0 Å². The van der Waals surface area contributed by atoms with Crippen LogP contribution in [0.4, 0.5) is 10.5 Å². The Morgan fingerprint density at radius 1 is 1.18 bits per heavy atom. The number of hydrogen-bond donors (Lipinski definition) is 2. The first-order valence-corrected chi connectivity index (χ1v) is 9.90. The van der Waals surface area contributed by atoms with Gasteiger partial charge in [0.25, 0.3) is 5.91 Å². The van der Waals surface area contributed by atoms with Crippen LogP contribution in [-0.2, 0) is 10.5 Å². The van der Waals surface area contributed by atoms with Gasteiger partial charge >= 0.3 is 6.03 Å². The van der Waals surface area contributed by atoms with Gasteiger partial charge in [-0.1, -0.05) is 12.1 Å². The van der Waals surface area contributed by atoms with E-state index < -0.39 is 11.9 Å². The van der Waals surface area contributed by atoms with Crippen molar-refractivity contribution in [1.29, 1.82) is 0 Å². The van der Waals surface area contributed by atoms with Crippen molar-refractivity contribution >= 4 is 29.4 Å². The molecule has 0 bridgehead atoms. The zero-order valence-electron chi connectivity index (χ0n) is 15.8. The van der Waals surface area contributed by atoms with Crippen LogP contribution in [0.1, 0.15) is 12.5 Å². The molecule has 28 heavy (non-hydrogen) atoms. The number of anilines is 1. The monoisotopic (exact) mass is 401 g/mol. The zero-order valence-corrected chi connectivity index (χ0v) is 16.6. The third-order valence-corrected chi connectivity index (χ3v) is 5.79. The zero-order chi connectivity index (χ0) is 20.1. The molecule has 0 spiro atoms. The topological polar surface area (TPSA) is 82.1 Å². The molecule has 8 heteroatoms. The smallest absolute Gasteiger partial charge is 0.325 e. The molecule has 1 aliphatic heterocycles. The Morgan fingerprint density at radius 2 is 1.86 bits per heavy atom. The second-order valence-electron chi connectivity index (χ2n) is 6.41. The molecule has 0 aliphatic carbocycles. The Hall–Kier alpha value is -2.71. The van der Waals surface area contributed by atoms with Gasteiger partial charge in [-0.05, 0) is 48.9 Å². The molecule has 2 N–H and O–H groups in total. The molecule has 1 atom stereocenters. The van der Waals surface area contributed by atoms with Crippen LogP contribution in [0.2, 0.25) is 0 Å². The first-order valence-electron chi connectivity index (χ1n) is 8.91. The second-order valence-corrected chi connectivity index (χ2v) is 7.46. The standard InChI is InChI=1S/C20H23N3O4S/c1-14(19(24)21-26)22-11-12-23(20(22)25)16-5-9-18(10-6-16)28-13-15-3-7-17(27-2)8-4-15/h3-10,14,26H,11-13H2,1-2H3,(H,21,24). The highest BCUT2D eigenvalue weighted by molar-refractivity contribution is 7.98. The van der Waals surface area contributed by atoms with E-state index in [4.69, 9.17) is 9.94 Å². The van der Waals surface area contributed by atoms with Gasteiger partial charge in [0, 0.05) is 29.4 Å². The Bertz CT molecular complexity index is 826. The molecule has 1 heterocycles. The maximum atomic E-state index is 12.6. The van der Waals surface area contributed by atoms with E-state index in [1.54, 1.807) is 36.2 Å². The lowest BCUT2D eigenvalue weighted by Gasteiger charge is -2.23. The average Bonchev–Trinajstić information content (AvgIpc) is 3.13. The van der Waals surface area contributed by atoms with Crippen molar-refractivity contribution in [2.45, 2.75) is 23.6 Å². The van der Waals surface area contributed by atoms with Crippen LogP contribution in [0.15, 0.2) is 53.4 Å². The summed E-state index contributed by atoms with van der Waals surface area (Å²) >= 11 is 1.72. The number of ether oxygens (including phenoxy) is 1. The van der Waals surface area contributed by atoms with Crippen molar-refractivity contribution in [2.75, 3.05) is 25.1 Å². The molecule has 7 nitrogen and oxygen atoms in total. The largest absolute Gasteiger partial charge is 0.497 e. The predicted octanol–water partition coefficient (Wildman–Crippen LogP) is 3.12. The second kappa shape index (κ2) is 8.99. The van der Waals surface area contributed by atoms with Crippen LogP contribution >= 0.6 is 11.8 Å². The number of methoxy groups -OCH3 is 1. The lowest BCUT2D eigenvalue weighted by molar-refractivity contribution is -0.133. The van der Waals surface area contributed by atoms with E-state index in [-0.39, 0.29) is 6.03 Å². The summed E-state index contributed by atoms with van der Waals surface area (Å²) in [5.74, 6) is 1.08. The van der Waals surface area contributed by atoms with Crippen molar-refractivity contribution in [3.8, 4) is 5.75 Å². The quantitative estimate of drug-likeness (QED) is 0.423. The normalized spacial score (nSPS) is 14.9. The molecule has 0 aromatic heterocycles. The first kappa shape index (κ1) is 20.0. The Kier molecular flexibility index (Phi) is 6.43. The predicted molar refractivity (Wildman–Crippen MR) is 108 cm³/mol. The van der Waals surface area contributed by atoms with Gasteiger partial charge in [-0.25, -0.2) is 10.3 Å². The molecule has 0 saturated carbocycles. The van der Waals surface area contributed by atoms with Crippen LogP contribution < -0.4 is 15.1 Å². The summed E-state index contributed by atoms with van der Waals surface area (Å²) in [6.45, 7) is 2.52. The molecule has 148 valence electrons. The van der Waals surface area contributed by atoms with Crippen LogP contribution in [-0.4, -0.2) is 48.3 Å². The summed E-state index contributed by atoms with van der Waals surface area (Å²) in [7, 11) is 1.65. The number of carbonyl (C=O) groups is 2. The molecule has 2 aromatic rings. The molecule has 1 saturated heterocycles. The van der Waals surface area contributed by atoms with Crippen LogP contribution in [0.3, 0.4) is 0 Å². The van der Waals surface area contributed by atoms with Crippen LogP contribution in [0, 0.1) is 0 Å². The maximum absolute atomic E-state index is 12.6. The van der Waals surface area contributed by atoms with E-state index in [0.717, 1.165) is 22.1 Å². The molecule has 0 radical (unpaired) electrons. The number of hydrogen-bond acceptors (Lipinski definition) is 5. The van der Waals surface area contributed by atoms with Crippen molar-refractivity contribution in [2.24, 2.45) is 0 Å². The highest BCUT2D eigenvalue weighted by Crippen LogP contribution is 2.28. The number of benzene rings is 2. The van der Waals surface area contributed by atoms with Crippen molar-refractivity contribution in [3.05, 3.63) is 54.1 Å². The van der Waals surface area contributed by atoms with Gasteiger partial charge in [-0.3, -0.25) is 14.9 Å². The molecule has 1 fully saturated rings. The summed E-state index contributed by atoms with van der Waals surface area (Å²) in [5.41, 5.74) is 3.59. The van der Waals surface area contributed by atoms with Crippen molar-refractivity contribution in [3.63, 3.8) is 0 Å². The number of nitrogens with zero attached hydrogens (tertiary/aromatic N) is 2. The van der Waals surface area contributed by atoms with E-state index in [9.17, 15) is 9.59 Å². The fourth-order valence-corrected chi connectivity index (χ4v) is 3.85. The third-order valence-electron chi connectivity index (χ3n) is 4.71. The van der Waals surface area contributed by atoms with Crippen LogP contribution in [0.5, 0.6) is 5.75 Å². The molecular formula is C20H23N3O4S. The van der Waals surface area contributed by atoms with E-state index in [0.29, 0.717) is 13.1 Å². The number of rotatable bonds is 7. The fraction of sp³-hybridized carbons (Fsp3) is 0.300. The highest BCUT2D eigenvalue weighted by atomic mass is 32.2. The molecule has 1 unspecified atom stereocenters. The van der Waals surface area contributed by atoms with Gasteiger partial charge in [0.1, 0.15) is 11.8 Å². The summed E-state index contributed by atoms with van der Waals surface area (Å²) in [5, 5.41) is 8.76. The Labute approximate surface area is 168 Å². The molecule has 1 aliphatic rings. The minimum atomic E-state index is -0.721. The number of urea groups is 1. The minimum Gasteiger partial charge on any atom is -0.497 e. The third kappa shape index (κ3) is 4.40. The van der Waals surface area contributed by atoms with Crippen molar-refractivity contribution in [1.82, 2.24) is 10.4 Å². The maximum Gasteiger partial charge on any atom is 0.325 e. The van der Waals surface area contributed by atoms with Crippen molar-refractivity contribution < 1.29 is 19.5 Å². The Morgan fingerprint density at radius 3 is 2.46 bits per heavy atom. The Balaban J connectivity index is 1.59. The lowest BCUT2D eigenvalue weighted by atomic mass is 10.2. The van der Waals surface area contributed by atoms with E-state index in [1.165, 1.54) is 10.5 Å². The van der Waals surface area contributed by atoms with E-state index in [2.05, 4.69) is 0 Å². The highest BCUT2D eigenvalue weighted by Gasteiger charge is 2.35. The molecule has 3 amide bonds. The SMILES string of the molecule is COc1ccc(CSc2ccc(N3CCN(C(C)C(=O)NO)C3=O)cc2)cc1. The van der Waals surface area contributed by atoms with Gasteiger partial charge < -0.3 is 9.64 Å². The molecule has 3 rings (SSSR count). The number of thioether (sulfide) groups is 1. The number of hydroxylamine groups is 1. The number of amides is 3. The van der Waals surface area contributed by atoms with Crippen LogP contribution in [0.25, 0.3) is 0 Å². The van der Waals surface area contributed by atoms with Gasteiger partial charge in [0.05, 0.1) is 7.11 Å². The number of nitrogens with one attached hydrogen (secondary N) is 1. The first-order chi connectivity index (χ1) is 13.5. The molecular weight excluding hydrogens is 378 g/mol. The minimum absolute atomic E-state index is 0.241.